The molecule has 0 aliphatic heterocycles. The fourth-order valence-electron chi connectivity index (χ4n) is 0.869. The van der Waals surface area contributed by atoms with E-state index >= 15 is 0 Å². The molecule has 0 aromatic heterocycles. The van der Waals surface area contributed by atoms with Crippen molar-refractivity contribution >= 4 is 35.8 Å². The van der Waals surface area contributed by atoms with Gasteiger partial charge in [0.15, 0.2) is 5.96 Å². The van der Waals surface area contributed by atoms with Crippen molar-refractivity contribution in [3.8, 4) is 0 Å². The Morgan fingerprint density at radius 1 is 1.31 bits per heavy atom. The second-order valence-corrected chi connectivity index (χ2v) is 3.64. The summed E-state index contributed by atoms with van der Waals surface area (Å²) in [6, 6.07) is 0. The minimum Gasteiger partial charge on any atom is -0.370 e. The van der Waals surface area contributed by atoms with Crippen LogP contribution in [0.4, 0.5) is 0 Å². The van der Waals surface area contributed by atoms with Crippen LogP contribution < -0.4 is 16.4 Å². The zero-order valence-electron chi connectivity index (χ0n) is 10.2. The quantitative estimate of drug-likeness (QED) is 0.288. The van der Waals surface area contributed by atoms with Gasteiger partial charge in [-0.15, -0.1) is 24.0 Å². The summed E-state index contributed by atoms with van der Waals surface area (Å²) in [6.45, 7) is 7.67. The Morgan fingerprint density at radius 3 is 2.38 bits per heavy atom. The number of guanidine groups is 1. The van der Waals surface area contributed by atoms with E-state index in [1.54, 1.807) is 0 Å². The molecule has 0 unspecified atom stereocenters. The SMILES string of the molecule is CCCN=C(N)NCCNC(=O)C(C)C.I. The van der Waals surface area contributed by atoms with Gasteiger partial charge in [-0.2, -0.15) is 0 Å². The van der Waals surface area contributed by atoms with Gasteiger partial charge >= 0.3 is 0 Å². The molecule has 5 nitrogen and oxygen atoms in total. The molecule has 0 rings (SSSR count). The fourth-order valence-corrected chi connectivity index (χ4v) is 0.869. The Labute approximate surface area is 115 Å². The summed E-state index contributed by atoms with van der Waals surface area (Å²) in [4.78, 5) is 15.2. The van der Waals surface area contributed by atoms with E-state index in [0.29, 0.717) is 19.0 Å². The Morgan fingerprint density at radius 2 is 1.88 bits per heavy atom. The van der Waals surface area contributed by atoms with Crippen molar-refractivity contribution in [1.82, 2.24) is 10.6 Å². The average molecular weight is 342 g/mol. The molecule has 4 N–H and O–H groups in total. The number of aliphatic imine (C=N–C) groups is 1. The van der Waals surface area contributed by atoms with E-state index < -0.39 is 0 Å². The van der Waals surface area contributed by atoms with Gasteiger partial charge in [-0.1, -0.05) is 20.8 Å². The number of rotatable bonds is 6. The fraction of sp³-hybridized carbons (Fsp3) is 0.800. The van der Waals surface area contributed by atoms with E-state index in [4.69, 9.17) is 5.73 Å². The number of nitrogens with zero attached hydrogens (tertiary/aromatic N) is 1. The van der Waals surface area contributed by atoms with Crippen molar-refractivity contribution < 1.29 is 4.79 Å². The lowest BCUT2D eigenvalue weighted by molar-refractivity contribution is -0.123. The molecule has 0 bridgehead atoms. The third-order valence-electron chi connectivity index (χ3n) is 1.76. The molecule has 0 saturated carbocycles. The van der Waals surface area contributed by atoms with E-state index in [1.165, 1.54) is 0 Å². The third-order valence-corrected chi connectivity index (χ3v) is 1.76. The highest BCUT2D eigenvalue weighted by Crippen LogP contribution is 1.88. The molecule has 0 spiro atoms. The van der Waals surface area contributed by atoms with Gasteiger partial charge in [-0.05, 0) is 6.42 Å². The lowest BCUT2D eigenvalue weighted by atomic mass is 10.2. The van der Waals surface area contributed by atoms with Crippen LogP contribution in [0.15, 0.2) is 4.99 Å². The molecular formula is C10H23IN4O. The van der Waals surface area contributed by atoms with Crippen molar-refractivity contribution in [1.29, 1.82) is 0 Å². The molecule has 0 aromatic rings. The summed E-state index contributed by atoms with van der Waals surface area (Å²) in [5.74, 6) is 0.521. The minimum atomic E-state index is 0. The highest BCUT2D eigenvalue weighted by atomic mass is 127. The number of carbonyl (C=O) groups is 1. The number of amides is 1. The average Bonchev–Trinajstić information content (AvgIpc) is 2.20. The Balaban J connectivity index is 0. The number of hydrogen-bond donors (Lipinski definition) is 3. The molecule has 0 aliphatic carbocycles. The van der Waals surface area contributed by atoms with Crippen LogP contribution in [0, 0.1) is 5.92 Å². The maximum atomic E-state index is 11.2. The molecule has 0 aromatic carbocycles. The number of hydrogen-bond acceptors (Lipinski definition) is 2. The molecule has 6 heteroatoms. The summed E-state index contributed by atoms with van der Waals surface area (Å²) in [6.07, 6.45) is 0.979. The highest BCUT2D eigenvalue weighted by molar-refractivity contribution is 14.0. The lowest BCUT2D eigenvalue weighted by Gasteiger charge is -2.08. The first-order chi connectivity index (χ1) is 7.07. The summed E-state index contributed by atoms with van der Waals surface area (Å²) in [5, 5.41) is 5.71. The summed E-state index contributed by atoms with van der Waals surface area (Å²) < 4.78 is 0. The van der Waals surface area contributed by atoms with Crippen LogP contribution in [0.1, 0.15) is 27.2 Å². The lowest BCUT2D eigenvalue weighted by Crippen LogP contribution is -2.39. The van der Waals surface area contributed by atoms with E-state index in [2.05, 4.69) is 15.6 Å². The zero-order chi connectivity index (χ0) is 11.7. The van der Waals surface area contributed by atoms with Gasteiger partial charge in [0.2, 0.25) is 5.91 Å². The molecule has 0 fully saturated rings. The molecule has 0 saturated heterocycles. The van der Waals surface area contributed by atoms with Crippen LogP contribution in [0.2, 0.25) is 0 Å². The second-order valence-electron chi connectivity index (χ2n) is 3.64. The molecular weight excluding hydrogens is 319 g/mol. The third kappa shape index (κ3) is 10.0. The van der Waals surface area contributed by atoms with E-state index in [1.807, 2.05) is 20.8 Å². The van der Waals surface area contributed by atoms with Gasteiger partial charge in [-0.3, -0.25) is 9.79 Å². The predicted octanol–water partition coefficient (Wildman–Crippen LogP) is 0.691. The van der Waals surface area contributed by atoms with Crippen molar-refractivity contribution in [3.05, 3.63) is 0 Å². The first kappa shape index (κ1) is 17.9. The molecule has 0 atom stereocenters. The van der Waals surface area contributed by atoms with Crippen molar-refractivity contribution in [2.24, 2.45) is 16.6 Å². The maximum absolute atomic E-state index is 11.2. The molecule has 1 amide bonds. The minimum absolute atomic E-state index is 0. The summed E-state index contributed by atoms with van der Waals surface area (Å²) in [5.41, 5.74) is 5.56. The molecule has 0 heterocycles. The van der Waals surface area contributed by atoms with Crippen molar-refractivity contribution in [2.75, 3.05) is 19.6 Å². The van der Waals surface area contributed by atoms with Gasteiger partial charge in [0.25, 0.3) is 0 Å². The second kappa shape index (κ2) is 11.0. The Bertz CT molecular complexity index is 219. The van der Waals surface area contributed by atoms with Gasteiger partial charge in [0.1, 0.15) is 0 Å². The van der Waals surface area contributed by atoms with Gasteiger partial charge in [0, 0.05) is 25.6 Å². The largest absolute Gasteiger partial charge is 0.370 e. The van der Waals surface area contributed by atoms with Crippen LogP contribution in [0.3, 0.4) is 0 Å². The molecule has 0 aliphatic rings. The van der Waals surface area contributed by atoms with E-state index in [9.17, 15) is 4.79 Å². The number of halogens is 1. The summed E-state index contributed by atoms with van der Waals surface area (Å²) in [7, 11) is 0. The monoisotopic (exact) mass is 342 g/mol. The van der Waals surface area contributed by atoms with Crippen LogP contribution in [0.5, 0.6) is 0 Å². The van der Waals surface area contributed by atoms with Gasteiger partial charge in [0.05, 0.1) is 0 Å². The van der Waals surface area contributed by atoms with E-state index in [0.717, 1.165) is 13.0 Å². The van der Waals surface area contributed by atoms with E-state index in [-0.39, 0.29) is 35.8 Å². The Hall–Kier alpha value is -0.530. The van der Waals surface area contributed by atoms with Crippen molar-refractivity contribution in [3.63, 3.8) is 0 Å². The highest BCUT2D eigenvalue weighted by Gasteiger charge is 2.04. The maximum Gasteiger partial charge on any atom is 0.222 e. The standard InChI is InChI=1S/C10H22N4O.HI/c1-4-5-13-10(11)14-7-6-12-9(15)8(2)3;/h8H,4-7H2,1-3H3,(H,12,15)(H3,11,13,14);1H. The number of nitrogens with two attached hydrogens (primary N) is 1. The zero-order valence-corrected chi connectivity index (χ0v) is 12.6. The first-order valence-electron chi connectivity index (χ1n) is 5.39. The normalized spacial score (nSPS) is 10.9. The molecule has 16 heavy (non-hydrogen) atoms. The number of nitrogens with one attached hydrogen (secondary N) is 2. The molecule has 96 valence electrons. The van der Waals surface area contributed by atoms with Crippen LogP contribution >= 0.6 is 24.0 Å². The predicted molar refractivity (Wildman–Crippen MR) is 78.0 cm³/mol. The van der Waals surface area contributed by atoms with Crippen molar-refractivity contribution in [2.45, 2.75) is 27.2 Å². The smallest absolute Gasteiger partial charge is 0.222 e. The van der Waals surface area contributed by atoms with Crippen LogP contribution in [-0.2, 0) is 4.79 Å². The summed E-state index contributed by atoms with van der Waals surface area (Å²) >= 11 is 0. The first-order valence-corrected chi connectivity index (χ1v) is 5.39. The van der Waals surface area contributed by atoms with Crippen LogP contribution in [0.25, 0.3) is 0 Å². The van der Waals surface area contributed by atoms with Gasteiger partial charge < -0.3 is 16.4 Å². The Kier molecular flexibility index (Phi) is 12.2. The molecule has 0 radical (unpaired) electrons. The topological polar surface area (TPSA) is 79.5 Å². The van der Waals surface area contributed by atoms with Gasteiger partial charge in [-0.25, -0.2) is 0 Å². The number of carbonyl (C=O) groups excluding carboxylic acids is 1. The van der Waals surface area contributed by atoms with Crippen LogP contribution in [-0.4, -0.2) is 31.5 Å².